The number of nitrogens with one attached hydrogen (secondary N) is 1. The van der Waals surface area contributed by atoms with Gasteiger partial charge in [-0.2, -0.15) is 22.5 Å². The summed E-state index contributed by atoms with van der Waals surface area (Å²) < 4.78 is 30.8. The van der Waals surface area contributed by atoms with E-state index in [0.717, 1.165) is 19.3 Å². The molecule has 1 fully saturated rings. The van der Waals surface area contributed by atoms with Gasteiger partial charge in [-0.3, -0.25) is 0 Å². The number of aromatic nitrogens is 3. The van der Waals surface area contributed by atoms with Crippen LogP contribution < -0.4 is 4.72 Å². The topological polar surface area (TPSA) is 80.1 Å². The van der Waals surface area contributed by atoms with Gasteiger partial charge in [0.2, 0.25) is 0 Å². The molecule has 0 aromatic carbocycles. The summed E-state index contributed by atoms with van der Waals surface area (Å²) in [5.74, 6) is 0.676. The fraction of sp³-hybridized carbons (Fsp3) is 0.833. The average molecular weight is 301 g/mol. The molecular formula is C12H23N5O2S. The van der Waals surface area contributed by atoms with Crippen LogP contribution in [-0.4, -0.2) is 40.6 Å². The van der Waals surface area contributed by atoms with E-state index in [1.54, 1.807) is 4.68 Å². The van der Waals surface area contributed by atoms with Crippen molar-refractivity contribution >= 4 is 10.2 Å². The fourth-order valence-electron chi connectivity index (χ4n) is 2.46. The van der Waals surface area contributed by atoms with E-state index in [1.807, 2.05) is 13.8 Å². The lowest BCUT2D eigenvalue weighted by Crippen LogP contribution is -2.45. The molecule has 114 valence electrons. The maximum atomic E-state index is 12.4. The molecule has 20 heavy (non-hydrogen) atoms. The van der Waals surface area contributed by atoms with E-state index in [1.165, 1.54) is 10.6 Å². The van der Waals surface area contributed by atoms with Gasteiger partial charge in [0.1, 0.15) is 12.2 Å². The molecule has 1 saturated heterocycles. The predicted molar refractivity (Wildman–Crippen MR) is 76.2 cm³/mol. The van der Waals surface area contributed by atoms with Gasteiger partial charge in [-0.25, -0.2) is 9.67 Å². The summed E-state index contributed by atoms with van der Waals surface area (Å²) in [5, 5.41) is 4.10. The minimum Gasteiger partial charge on any atom is -0.249 e. The monoisotopic (exact) mass is 301 g/mol. The second kappa shape index (κ2) is 6.64. The summed E-state index contributed by atoms with van der Waals surface area (Å²) in [6, 6.07) is -0.329. The quantitative estimate of drug-likeness (QED) is 0.852. The minimum absolute atomic E-state index is 0.329. The van der Waals surface area contributed by atoms with Crippen LogP contribution in [0.2, 0.25) is 0 Å². The second-order valence-electron chi connectivity index (χ2n) is 4.98. The second-order valence-corrected chi connectivity index (χ2v) is 6.68. The number of rotatable bonds is 6. The Morgan fingerprint density at radius 3 is 2.60 bits per heavy atom. The van der Waals surface area contributed by atoms with Crippen molar-refractivity contribution in [3.8, 4) is 0 Å². The van der Waals surface area contributed by atoms with Crippen molar-refractivity contribution < 1.29 is 8.42 Å². The summed E-state index contributed by atoms with van der Waals surface area (Å²) in [6.07, 6.45) is 5.08. The third kappa shape index (κ3) is 3.36. The molecule has 0 aliphatic carbocycles. The first-order valence-corrected chi connectivity index (χ1v) is 8.67. The Bertz CT molecular complexity index is 522. The van der Waals surface area contributed by atoms with Gasteiger partial charge in [0, 0.05) is 19.6 Å². The Balaban J connectivity index is 2.13. The standard InChI is InChI=1S/C12H23N5O2S/c1-3-11(12-13-10-14-17(12)4-2)15-20(18,19)16-8-6-5-7-9-16/h10-11,15H,3-9H2,1-2H3/t11-/m1/s1. The molecule has 1 aromatic rings. The number of hydrogen-bond donors (Lipinski definition) is 1. The maximum absolute atomic E-state index is 12.4. The van der Waals surface area contributed by atoms with Crippen LogP contribution in [-0.2, 0) is 16.8 Å². The fourth-order valence-corrected chi connectivity index (χ4v) is 3.98. The zero-order chi connectivity index (χ0) is 14.6. The van der Waals surface area contributed by atoms with Gasteiger partial charge in [-0.15, -0.1) is 0 Å². The van der Waals surface area contributed by atoms with E-state index < -0.39 is 10.2 Å². The summed E-state index contributed by atoms with van der Waals surface area (Å²) in [7, 11) is -3.44. The lowest BCUT2D eigenvalue weighted by molar-refractivity contribution is 0.336. The zero-order valence-corrected chi connectivity index (χ0v) is 12.9. The molecule has 0 spiro atoms. The Hall–Kier alpha value is -0.990. The zero-order valence-electron chi connectivity index (χ0n) is 12.1. The molecule has 8 heteroatoms. The Labute approximate surface area is 120 Å². The highest BCUT2D eigenvalue weighted by Crippen LogP contribution is 2.18. The van der Waals surface area contributed by atoms with E-state index in [9.17, 15) is 8.42 Å². The molecule has 0 unspecified atom stereocenters. The van der Waals surface area contributed by atoms with Gasteiger partial charge < -0.3 is 0 Å². The van der Waals surface area contributed by atoms with Crippen LogP contribution >= 0.6 is 0 Å². The van der Waals surface area contributed by atoms with Crippen LogP contribution in [0.4, 0.5) is 0 Å². The van der Waals surface area contributed by atoms with Gasteiger partial charge in [0.25, 0.3) is 10.2 Å². The molecule has 0 radical (unpaired) electrons. The van der Waals surface area contributed by atoms with Gasteiger partial charge in [0.05, 0.1) is 6.04 Å². The lowest BCUT2D eigenvalue weighted by atomic mass is 10.2. The molecule has 1 atom stereocenters. The van der Waals surface area contributed by atoms with Crippen molar-refractivity contribution in [2.45, 2.75) is 52.1 Å². The van der Waals surface area contributed by atoms with Crippen LogP contribution in [0.25, 0.3) is 0 Å². The Morgan fingerprint density at radius 2 is 2.00 bits per heavy atom. The van der Waals surface area contributed by atoms with Gasteiger partial charge >= 0.3 is 0 Å². The average Bonchev–Trinajstić information content (AvgIpc) is 2.94. The molecule has 1 aliphatic rings. The number of aryl methyl sites for hydroxylation is 1. The molecule has 1 aromatic heterocycles. The van der Waals surface area contributed by atoms with Crippen molar-refractivity contribution in [2.75, 3.05) is 13.1 Å². The predicted octanol–water partition coefficient (Wildman–Crippen LogP) is 1.07. The molecule has 0 saturated carbocycles. The van der Waals surface area contributed by atoms with Crippen molar-refractivity contribution in [1.82, 2.24) is 23.8 Å². The normalized spacial score (nSPS) is 19.1. The van der Waals surface area contributed by atoms with E-state index in [4.69, 9.17) is 0 Å². The highest BCUT2D eigenvalue weighted by atomic mass is 32.2. The van der Waals surface area contributed by atoms with Crippen molar-refractivity contribution in [1.29, 1.82) is 0 Å². The first-order valence-electron chi connectivity index (χ1n) is 7.23. The summed E-state index contributed by atoms with van der Waals surface area (Å²) in [5.41, 5.74) is 0. The van der Waals surface area contributed by atoms with Gasteiger partial charge in [-0.05, 0) is 26.2 Å². The number of nitrogens with zero attached hydrogens (tertiary/aromatic N) is 4. The van der Waals surface area contributed by atoms with E-state index >= 15 is 0 Å². The first-order chi connectivity index (χ1) is 9.58. The highest BCUT2D eigenvalue weighted by Gasteiger charge is 2.28. The van der Waals surface area contributed by atoms with E-state index in [2.05, 4.69) is 14.8 Å². The highest BCUT2D eigenvalue weighted by molar-refractivity contribution is 7.87. The van der Waals surface area contributed by atoms with Crippen LogP contribution in [0.3, 0.4) is 0 Å². The van der Waals surface area contributed by atoms with Crippen molar-refractivity contribution in [3.63, 3.8) is 0 Å². The molecule has 0 amide bonds. The Morgan fingerprint density at radius 1 is 1.30 bits per heavy atom. The van der Waals surface area contributed by atoms with Gasteiger partial charge in [-0.1, -0.05) is 13.3 Å². The van der Waals surface area contributed by atoms with Gasteiger partial charge in [0.15, 0.2) is 0 Å². The summed E-state index contributed by atoms with van der Waals surface area (Å²) >= 11 is 0. The number of hydrogen-bond acceptors (Lipinski definition) is 4. The third-order valence-electron chi connectivity index (χ3n) is 3.61. The summed E-state index contributed by atoms with van der Waals surface area (Å²) in [6.45, 7) is 5.79. The van der Waals surface area contributed by atoms with E-state index in [-0.39, 0.29) is 6.04 Å². The summed E-state index contributed by atoms with van der Waals surface area (Å²) in [4.78, 5) is 4.19. The SMILES string of the molecule is CC[C@@H](NS(=O)(=O)N1CCCCC1)c1ncnn1CC. The van der Waals surface area contributed by atoms with Crippen LogP contribution in [0.1, 0.15) is 51.4 Å². The van der Waals surface area contributed by atoms with Crippen LogP contribution in [0.5, 0.6) is 0 Å². The molecule has 7 nitrogen and oxygen atoms in total. The van der Waals surface area contributed by atoms with Crippen LogP contribution in [0.15, 0.2) is 6.33 Å². The Kier molecular flexibility index (Phi) is 5.11. The first kappa shape index (κ1) is 15.4. The number of piperidine rings is 1. The van der Waals surface area contributed by atoms with Crippen LogP contribution in [0, 0.1) is 0 Å². The molecular weight excluding hydrogens is 278 g/mol. The molecule has 2 rings (SSSR count). The largest absolute Gasteiger partial charge is 0.280 e. The third-order valence-corrected chi connectivity index (χ3v) is 5.24. The lowest BCUT2D eigenvalue weighted by Gasteiger charge is -2.28. The molecule has 1 aliphatic heterocycles. The van der Waals surface area contributed by atoms with Crippen molar-refractivity contribution in [2.24, 2.45) is 0 Å². The minimum atomic E-state index is -3.44. The van der Waals surface area contributed by atoms with E-state index in [0.29, 0.717) is 31.9 Å². The molecule has 0 bridgehead atoms. The molecule has 1 N–H and O–H groups in total. The molecule has 2 heterocycles. The van der Waals surface area contributed by atoms with Crippen molar-refractivity contribution in [3.05, 3.63) is 12.2 Å². The maximum Gasteiger partial charge on any atom is 0.280 e. The smallest absolute Gasteiger partial charge is 0.249 e.